The van der Waals surface area contributed by atoms with Gasteiger partial charge in [0.25, 0.3) is 0 Å². The maximum absolute atomic E-state index is 13.2. The highest BCUT2D eigenvalue weighted by atomic mass is 127. The zero-order chi connectivity index (χ0) is 69.5. The van der Waals surface area contributed by atoms with Crippen LogP contribution >= 0.6 is 33.4 Å². The third-order valence-electron chi connectivity index (χ3n) is 17.5. The van der Waals surface area contributed by atoms with Gasteiger partial charge in [-0.3, -0.25) is 19.2 Å². The summed E-state index contributed by atoms with van der Waals surface area (Å²) in [5.41, 5.74) is 10.9. The molecule has 0 unspecified atom stereocenters. The number of rotatable bonds is 14. The van der Waals surface area contributed by atoms with Gasteiger partial charge in [-0.15, -0.1) is 21.8 Å². The van der Waals surface area contributed by atoms with Crippen molar-refractivity contribution in [3.8, 4) is 51.5 Å². The van der Waals surface area contributed by atoms with Crippen molar-refractivity contribution < 1.29 is 48.1 Å². The average molecular weight is 1470 g/mol. The molecule has 506 valence electrons. The molecule has 0 saturated heterocycles. The maximum Gasteiger partial charge on any atom is 0.488 e. The number of methoxy groups -OCH3 is 2. The first-order valence-corrected chi connectivity index (χ1v) is 39.5. The summed E-state index contributed by atoms with van der Waals surface area (Å²) in [6, 6.07) is 39.5. The van der Waals surface area contributed by atoms with E-state index in [1.165, 1.54) is 48.2 Å². The fraction of sp³-hybridized carbons (Fsp3) is 0.311. The molecule has 6 N–H and O–H groups in total. The Bertz CT molecular complexity index is 4500. The molecule has 6 aromatic heterocycles. The quantitative estimate of drug-likeness (QED) is 0.0256. The number of H-pyrrole nitrogens is 1. The van der Waals surface area contributed by atoms with Gasteiger partial charge >= 0.3 is 7.12 Å². The van der Waals surface area contributed by atoms with Crippen LogP contribution in [0.4, 0.5) is 17.5 Å². The third-order valence-corrected chi connectivity index (χ3v) is 17.7. The molecule has 20 nitrogen and oxygen atoms in total. The lowest BCUT2D eigenvalue weighted by molar-refractivity contribution is -0.119. The SMILES string of the molecule is COc1cc(-c2cc(C)cc(NC(=O)C3(c4ccc5c(c4)CCO5)CC3)n2)ccn1.COc1cc(B(O)O)ccn1.C[Si](C)(C)I.Cc1cc(Cl)nc(NC(=O)C2(c3ccc4c(c3)CCO4)CC2)c1.Cc1cc(NC(=O)C2(c3ccc4c(c3)CCO4)CC2)nc(-c2cc[nH]c(=O)c2)c1. The molecule has 3 aliphatic heterocycles. The summed E-state index contributed by atoms with van der Waals surface area (Å²) in [5.74, 6) is 5.22. The third kappa shape index (κ3) is 17.3. The topological polar surface area (TPSA) is 271 Å². The van der Waals surface area contributed by atoms with E-state index in [-0.39, 0.29) is 23.3 Å². The predicted molar refractivity (Wildman–Crippen MR) is 391 cm³/mol. The van der Waals surface area contributed by atoms with Gasteiger partial charge in [0.1, 0.15) is 45.4 Å². The molecule has 3 fully saturated rings. The minimum absolute atomic E-state index is 0.00211. The summed E-state index contributed by atoms with van der Waals surface area (Å²) in [6.45, 7) is 15.0. The summed E-state index contributed by atoms with van der Waals surface area (Å²) in [6.07, 6.45) is 12.5. The summed E-state index contributed by atoms with van der Waals surface area (Å²) < 4.78 is 26.7. The van der Waals surface area contributed by atoms with Gasteiger partial charge < -0.3 is 54.7 Å². The molecule has 15 rings (SSSR count). The number of aromatic amines is 1. The maximum atomic E-state index is 13.2. The molecule has 9 heterocycles. The number of aryl methyl sites for hydroxylation is 3. The van der Waals surface area contributed by atoms with Crippen LogP contribution in [-0.4, -0.2) is 104 Å². The van der Waals surface area contributed by atoms with Crippen molar-refractivity contribution in [1.82, 2.24) is 29.9 Å². The Kier molecular flexibility index (Phi) is 21.5. The number of hydrogen-bond acceptors (Lipinski definition) is 16. The minimum Gasteiger partial charge on any atom is -0.493 e. The largest absolute Gasteiger partial charge is 0.493 e. The molecule has 3 aromatic carbocycles. The van der Waals surface area contributed by atoms with Crippen molar-refractivity contribution in [1.29, 1.82) is 0 Å². The Morgan fingerprint density at radius 2 is 0.929 bits per heavy atom. The van der Waals surface area contributed by atoms with Gasteiger partial charge in [0.15, 0.2) is 0 Å². The minimum atomic E-state index is -1.47. The first-order chi connectivity index (χ1) is 46.9. The molecule has 3 saturated carbocycles. The fourth-order valence-corrected chi connectivity index (χ4v) is 12.2. The van der Waals surface area contributed by atoms with Crippen LogP contribution in [0.2, 0.25) is 24.8 Å². The lowest BCUT2D eigenvalue weighted by Crippen LogP contribution is -2.29. The number of benzene rings is 3. The zero-order valence-electron chi connectivity index (χ0n) is 56.0. The van der Waals surface area contributed by atoms with E-state index < -0.39 is 28.9 Å². The number of ether oxygens (including phenoxy) is 5. The van der Waals surface area contributed by atoms with Crippen LogP contribution in [0.1, 0.15) is 88.6 Å². The summed E-state index contributed by atoms with van der Waals surface area (Å²) in [4.78, 5) is 74.8. The van der Waals surface area contributed by atoms with Crippen molar-refractivity contribution in [2.75, 3.05) is 50.0 Å². The van der Waals surface area contributed by atoms with Gasteiger partial charge in [0.05, 0.1) is 61.7 Å². The van der Waals surface area contributed by atoms with Crippen LogP contribution < -0.4 is 50.7 Å². The highest BCUT2D eigenvalue weighted by Gasteiger charge is 2.54. The van der Waals surface area contributed by atoms with E-state index >= 15 is 0 Å². The Labute approximate surface area is 588 Å². The van der Waals surface area contributed by atoms with Crippen LogP contribution in [0.5, 0.6) is 29.0 Å². The van der Waals surface area contributed by atoms with Crippen molar-refractivity contribution in [3.63, 3.8) is 0 Å². The summed E-state index contributed by atoms with van der Waals surface area (Å²) >= 11 is 8.48. The normalized spacial score (nSPS) is 15.3. The van der Waals surface area contributed by atoms with Gasteiger partial charge in [-0.25, -0.2) is 24.9 Å². The van der Waals surface area contributed by atoms with E-state index in [0.717, 1.165) is 126 Å². The molecule has 3 aliphatic carbocycles. The number of aromatic nitrogens is 6. The molecule has 24 heteroatoms. The second-order valence-electron chi connectivity index (χ2n) is 26.2. The van der Waals surface area contributed by atoms with Crippen molar-refractivity contribution >= 4 is 86.7 Å². The molecular formula is C74H78BClIN9O11Si. The fourth-order valence-electron chi connectivity index (χ4n) is 11.9. The number of fused-ring (bicyclic) bond motifs is 3. The van der Waals surface area contributed by atoms with Crippen LogP contribution in [0, 0.1) is 20.8 Å². The van der Waals surface area contributed by atoms with Gasteiger partial charge in [-0.1, -0.05) is 67.6 Å². The Morgan fingerprint density at radius 3 is 1.32 bits per heavy atom. The highest BCUT2D eigenvalue weighted by molar-refractivity contribution is 14.1. The summed E-state index contributed by atoms with van der Waals surface area (Å²) in [5, 5.41) is 26.8. The molecule has 0 atom stereocenters. The van der Waals surface area contributed by atoms with Crippen LogP contribution in [0.15, 0.2) is 151 Å². The number of carbonyl (C=O) groups excluding carboxylic acids is 3. The molecule has 9 aromatic rings. The van der Waals surface area contributed by atoms with E-state index in [4.69, 9.17) is 45.3 Å². The first kappa shape index (κ1) is 70.3. The van der Waals surface area contributed by atoms with Crippen LogP contribution in [0.3, 0.4) is 0 Å². The highest BCUT2D eigenvalue weighted by Crippen LogP contribution is 2.52. The number of pyridine rings is 6. The Hall–Kier alpha value is -9.01. The van der Waals surface area contributed by atoms with E-state index in [1.54, 1.807) is 31.6 Å². The van der Waals surface area contributed by atoms with E-state index in [9.17, 15) is 19.2 Å². The van der Waals surface area contributed by atoms with Gasteiger partial charge in [0, 0.05) is 67.2 Å². The van der Waals surface area contributed by atoms with E-state index in [1.807, 2.05) is 99.6 Å². The smallest absolute Gasteiger partial charge is 0.488 e. The second kappa shape index (κ2) is 30.0. The lowest BCUT2D eigenvalue weighted by Gasteiger charge is -2.17. The van der Waals surface area contributed by atoms with Crippen molar-refractivity contribution in [2.24, 2.45) is 0 Å². The summed E-state index contributed by atoms with van der Waals surface area (Å²) in [7, 11) is 1.59. The first-order valence-electron chi connectivity index (χ1n) is 32.5. The molecule has 6 aliphatic rings. The number of halogens is 2. The number of anilines is 3. The molecule has 0 radical (unpaired) electrons. The van der Waals surface area contributed by atoms with Crippen molar-refractivity contribution in [2.45, 2.75) is 114 Å². The number of amides is 3. The second-order valence-corrected chi connectivity index (χ2v) is 40.4. The van der Waals surface area contributed by atoms with Gasteiger partial charge in [0.2, 0.25) is 35.0 Å². The number of carbonyl (C=O) groups is 3. The number of hydrogen-bond donors (Lipinski definition) is 6. The molecule has 0 spiro atoms. The number of nitrogens with one attached hydrogen (secondary N) is 4. The van der Waals surface area contributed by atoms with E-state index in [0.29, 0.717) is 64.3 Å². The molecule has 3 amide bonds. The molecule has 0 bridgehead atoms. The Balaban J connectivity index is 0.000000134. The van der Waals surface area contributed by atoms with Gasteiger partial charge in [-0.05, 0) is 188 Å². The Morgan fingerprint density at radius 1 is 0.541 bits per heavy atom. The van der Waals surface area contributed by atoms with E-state index in [2.05, 4.69) is 105 Å². The van der Waals surface area contributed by atoms with Crippen molar-refractivity contribution in [3.05, 3.63) is 212 Å². The molecular weight excluding hydrogens is 1390 g/mol. The van der Waals surface area contributed by atoms with Gasteiger partial charge in [-0.2, -0.15) is 0 Å². The predicted octanol–water partition coefficient (Wildman–Crippen LogP) is 12.1. The molecule has 98 heavy (non-hydrogen) atoms. The standard InChI is InChI=1S/C24H23N3O3.C23H21N3O3.C18H17ClN2O2.C6H8BNO3.C3H9ISi/c1-15-11-19(16-5-9-25-22(14-16)29-2)26-21(12-15)27-23(28)24(7-8-24)18-3-4-20-17(13-18)6-10-30-20;1-14-10-18(15-4-8-24-21(27)13-15)25-20(11-14)26-22(28)23(6-7-23)17-2-3-19-16(12-17)5-9-29-19;1-11-8-15(19)20-16(9-11)21-17(22)18(5-6-18)13-2-3-14-12(10-13)4-7-23-14;1-11-6-4-5(7(9)10)2-3-8-6;1-5(2,3)4/h3-5,9,11-14H,6-8,10H2,1-2H3,(H,26,27,28);2-4,8,10-13H,5-7,9H2,1H3,(H,24,27)(H,25,26,28);2-3,8-10H,4-7H2,1H3,(H,20,21,22);2-4,9-10H,1H3;1-3H3. The average Bonchev–Trinajstić information content (AvgIpc) is 1.60. The van der Waals surface area contributed by atoms with Crippen LogP contribution in [0.25, 0.3) is 22.5 Å². The zero-order valence-corrected chi connectivity index (χ0v) is 59.9. The number of nitrogens with zero attached hydrogens (tertiary/aromatic N) is 5. The van der Waals surface area contributed by atoms with Crippen LogP contribution in [-0.2, 0) is 49.9 Å². The monoisotopic (exact) mass is 1470 g/mol. The lowest BCUT2D eigenvalue weighted by atomic mass is 9.81.